The molecule has 1 aliphatic heterocycles. The molecule has 0 fully saturated rings. The minimum atomic E-state index is 0.664. The number of pyridine rings is 1. The molecule has 2 aromatic rings. The number of nitrogens with one attached hydrogen (secondary N) is 2. The van der Waals surface area contributed by atoms with Crippen molar-refractivity contribution in [3.63, 3.8) is 0 Å². The van der Waals surface area contributed by atoms with Gasteiger partial charge in [-0.25, -0.2) is 9.97 Å². The van der Waals surface area contributed by atoms with Crippen molar-refractivity contribution in [2.45, 2.75) is 13.0 Å². The number of fused-ring (bicyclic) bond motifs is 1. The summed E-state index contributed by atoms with van der Waals surface area (Å²) in [5.41, 5.74) is 3.99. The van der Waals surface area contributed by atoms with Crippen molar-refractivity contribution >= 4 is 17.1 Å². The van der Waals surface area contributed by atoms with Gasteiger partial charge >= 0.3 is 0 Å². The Morgan fingerprint density at radius 3 is 2.78 bits per heavy atom. The van der Waals surface area contributed by atoms with Crippen molar-refractivity contribution in [2.24, 2.45) is 0 Å². The second kappa shape index (κ2) is 6.98. The van der Waals surface area contributed by atoms with E-state index in [4.69, 9.17) is 9.97 Å². The lowest BCUT2D eigenvalue weighted by Gasteiger charge is -2.21. The van der Waals surface area contributed by atoms with Crippen LogP contribution in [0.5, 0.6) is 0 Å². The molecule has 0 amide bonds. The van der Waals surface area contributed by atoms with Gasteiger partial charge in [-0.1, -0.05) is 31.4 Å². The predicted octanol–water partition coefficient (Wildman–Crippen LogP) is 3.02. The van der Waals surface area contributed by atoms with Crippen LogP contribution in [0, 0.1) is 0 Å². The highest BCUT2D eigenvalue weighted by atomic mass is 15.1. The maximum atomic E-state index is 4.71. The molecular weight excluding hydrogens is 286 g/mol. The highest BCUT2D eigenvalue weighted by Gasteiger charge is 2.18. The van der Waals surface area contributed by atoms with E-state index in [-0.39, 0.29) is 0 Å². The Morgan fingerprint density at radius 1 is 1.22 bits per heavy atom. The lowest BCUT2D eigenvalue weighted by molar-refractivity contribution is 0.627. The van der Waals surface area contributed by atoms with Crippen LogP contribution in [0.1, 0.15) is 17.1 Å². The van der Waals surface area contributed by atoms with Gasteiger partial charge in [0.1, 0.15) is 5.82 Å². The van der Waals surface area contributed by atoms with Crippen molar-refractivity contribution < 1.29 is 0 Å². The molecule has 5 heteroatoms. The molecule has 116 valence electrons. The summed E-state index contributed by atoms with van der Waals surface area (Å²) in [5, 5.41) is 6.75. The third-order valence-corrected chi connectivity index (χ3v) is 3.65. The highest BCUT2D eigenvalue weighted by Crippen LogP contribution is 2.25. The van der Waals surface area contributed by atoms with Crippen molar-refractivity contribution in [1.82, 2.24) is 20.3 Å². The van der Waals surface area contributed by atoms with E-state index in [1.807, 2.05) is 18.2 Å². The summed E-state index contributed by atoms with van der Waals surface area (Å²) in [7, 11) is 0. The summed E-state index contributed by atoms with van der Waals surface area (Å²) in [5.74, 6) is 1.48. The van der Waals surface area contributed by atoms with Gasteiger partial charge in [0.15, 0.2) is 5.82 Å². The van der Waals surface area contributed by atoms with E-state index in [9.17, 15) is 0 Å². The largest absolute Gasteiger partial charge is 0.340 e. The number of rotatable bonds is 5. The smallest absolute Gasteiger partial charge is 0.161 e. The molecule has 0 bridgehead atoms. The summed E-state index contributed by atoms with van der Waals surface area (Å²) < 4.78 is 0. The third kappa shape index (κ3) is 3.35. The first-order valence-electron chi connectivity index (χ1n) is 7.55. The molecule has 0 saturated heterocycles. The van der Waals surface area contributed by atoms with Gasteiger partial charge in [0.05, 0.1) is 5.69 Å². The SMILES string of the molecule is C=C/C=C(\C=C)c1nc2c(c(Nc3ccncc3)n1)CNCC2. The van der Waals surface area contributed by atoms with E-state index in [0.29, 0.717) is 5.82 Å². The highest BCUT2D eigenvalue weighted by molar-refractivity contribution is 5.72. The van der Waals surface area contributed by atoms with Crippen molar-refractivity contribution in [2.75, 3.05) is 11.9 Å². The fourth-order valence-electron chi connectivity index (χ4n) is 2.51. The molecule has 0 aromatic carbocycles. The van der Waals surface area contributed by atoms with E-state index in [2.05, 4.69) is 28.8 Å². The van der Waals surface area contributed by atoms with E-state index in [1.165, 1.54) is 0 Å². The average Bonchev–Trinajstić information content (AvgIpc) is 2.60. The van der Waals surface area contributed by atoms with Gasteiger partial charge in [-0.05, 0) is 12.1 Å². The van der Waals surface area contributed by atoms with Crippen LogP contribution in [-0.4, -0.2) is 21.5 Å². The lowest BCUT2D eigenvalue weighted by atomic mass is 10.1. The molecule has 5 nitrogen and oxygen atoms in total. The Bertz CT molecular complexity index is 750. The molecule has 0 atom stereocenters. The Kier molecular flexibility index (Phi) is 4.59. The van der Waals surface area contributed by atoms with Gasteiger partial charge in [-0.3, -0.25) is 4.98 Å². The van der Waals surface area contributed by atoms with Gasteiger partial charge in [0, 0.05) is 48.7 Å². The van der Waals surface area contributed by atoms with Crippen LogP contribution in [0.4, 0.5) is 11.5 Å². The summed E-state index contributed by atoms with van der Waals surface area (Å²) >= 11 is 0. The molecule has 0 spiro atoms. The zero-order valence-electron chi connectivity index (χ0n) is 12.9. The summed E-state index contributed by atoms with van der Waals surface area (Å²) in [6.07, 6.45) is 9.72. The summed E-state index contributed by atoms with van der Waals surface area (Å²) in [6.45, 7) is 9.27. The van der Waals surface area contributed by atoms with E-state index in [1.54, 1.807) is 24.5 Å². The Morgan fingerprint density at radius 2 is 2.04 bits per heavy atom. The fourth-order valence-corrected chi connectivity index (χ4v) is 2.51. The summed E-state index contributed by atoms with van der Waals surface area (Å²) in [4.78, 5) is 13.5. The molecule has 3 heterocycles. The predicted molar refractivity (Wildman–Crippen MR) is 93.3 cm³/mol. The molecule has 1 aliphatic rings. The standard InChI is InChI=1S/C18H19N5/c1-3-5-13(4-2)17-22-16-8-11-20-12-15(16)18(23-17)21-14-6-9-19-10-7-14/h3-7,9-10,20H,1-2,8,11-12H2,(H,19,21,22,23)/b13-5+. The number of nitrogens with zero attached hydrogens (tertiary/aromatic N) is 3. The second-order valence-corrected chi connectivity index (χ2v) is 5.17. The number of hydrogen-bond donors (Lipinski definition) is 2. The molecule has 2 N–H and O–H groups in total. The van der Waals surface area contributed by atoms with Crippen molar-refractivity contribution in [1.29, 1.82) is 0 Å². The van der Waals surface area contributed by atoms with Crippen LogP contribution in [0.25, 0.3) is 5.57 Å². The minimum absolute atomic E-state index is 0.664. The first kappa shape index (κ1) is 15.1. The maximum Gasteiger partial charge on any atom is 0.161 e. The average molecular weight is 305 g/mol. The number of aromatic nitrogens is 3. The van der Waals surface area contributed by atoms with E-state index < -0.39 is 0 Å². The molecule has 3 rings (SSSR count). The minimum Gasteiger partial charge on any atom is -0.340 e. The molecule has 2 aromatic heterocycles. The first-order valence-corrected chi connectivity index (χ1v) is 7.55. The number of anilines is 2. The van der Waals surface area contributed by atoms with Crippen LogP contribution in [0.3, 0.4) is 0 Å². The Labute approximate surface area is 135 Å². The quantitative estimate of drug-likeness (QED) is 0.831. The monoisotopic (exact) mass is 305 g/mol. The van der Waals surface area contributed by atoms with Crippen LogP contribution < -0.4 is 10.6 Å². The Balaban J connectivity index is 2.07. The molecule has 0 unspecified atom stereocenters. The maximum absolute atomic E-state index is 4.71. The first-order chi connectivity index (χ1) is 11.3. The van der Waals surface area contributed by atoms with Gasteiger partial charge < -0.3 is 10.6 Å². The third-order valence-electron chi connectivity index (χ3n) is 3.65. The van der Waals surface area contributed by atoms with E-state index >= 15 is 0 Å². The van der Waals surface area contributed by atoms with Crippen LogP contribution >= 0.6 is 0 Å². The van der Waals surface area contributed by atoms with E-state index in [0.717, 1.165) is 47.8 Å². The Hall–Kier alpha value is -2.79. The van der Waals surface area contributed by atoms with Crippen molar-refractivity contribution in [3.8, 4) is 0 Å². The zero-order valence-corrected chi connectivity index (χ0v) is 12.9. The van der Waals surface area contributed by atoms with Crippen LogP contribution in [0.2, 0.25) is 0 Å². The summed E-state index contributed by atoms with van der Waals surface area (Å²) in [6, 6.07) is 3.83. The number of hydrogen-bond acceptors (Lipinski definition) is 5. The second-order valence-electron chi connectivity index (χ2n) is 5.17. The molecular formula is C18H19N5. The number of allylic oxidation sites excluding steroid dienone is 4. The van der Waals surface area contributed by atoms with Gasteiger partial charge in [-0.2, -0.15) is 0 Å². The zero-order chi connectivity index (χ0) is 16.1. The van der Waals surface area contributed by atoms with Gasteiger partial charge in [-0.15, -0.1) is 0 Å². The molecule has 0 aliphatic carbocycles. The fraction of sp³-hybridized carbons (Fsp3) is 0.167. The molecule has 0 saturated carbocycles. The lowest BCUT2D eigenvalue weighted by Crippen LogP contribution is -2.26. The topological polar surface area (TPSA) is 62.7 Å². The van der Waals surface area contributed by atoms with Crippen LogP contribution in [0.15, 0.2) is 55.9 Å². The molecule has 23 heavy (non-hydrogen) atoms. The van der Waals surface area contributed by atoms with Crippen LogP contribution in [-0.2, 0) is 13.0 Å². The van der Waals surface area contributed by atoms with Gasteiger partial charge in [0.2, 0.25) is 0 Å². The van der Waals surface area contributed by atoms with Crippen molar-refractivity contribution in [3.05, 3.63) is 73.0 Å². The molecule has 0 radical (unpaired) electrons. The normalized spacial score (nSPS) is 14.0. The van der Waals surface area contributed by atoms with Gasteiger partial charge in [0.25, 0.3) is 0 Å².